The molecule has 0 radical (unpaired) electrons. The first-order valence-electron chi connectivity index (χ1n) is 6.10. The molecular weight excluding hydrogens is 293 g/mol. The molecule has 1 unspecified atom stereocenters. The summed E-state index contributed by atoms with van der Waals surface area (Å²) in [7, 11) is -1.97. The minimum Gasteiger partial charge on any atom is -0.316 e. The molecule has 0 saturated carbocycles. The van der Waals surface area contributed by atoms with Crippen molar-refractivity contribution >= 4 is 10.0 Å². The van der Waals surface area contributed by atoms with Crippen molar-refractivity contribution in [2.75, 3.05) is 20.1 Å². The molecule has 0 bridgehead atoms. The van der Waals surface area contributed by atoms with E-state index in [0.29, 0.717) is 19.5 Å². The summed E-state index contributed by atoms with van der Waals surface area (Å²) < 4.78 is 63.2. The predicted octanol–water partition coefficient (Wildman–Crippen LogP) is 1.69. The number of hydrogen-bond donors (Lipinski definition) is 1. The Morgan fingerprint density at radius 1 is 1.25 bits per heavy atom. The molecule has 0 spiro atoms. The molecule has 1 aliphatic heterocycles. The van der Waals surface area contributed by atoms with Gasteiger partial charge in [0.05, 0.1) is 10.5 Å². The fourth-order valence-electron chi connectivity index (χ4n) is 2.15. The van der Waals surface area contributed by atoms with Gasteiger partial charge in [0.1, 0.15) is 0 Å². The maximum absolute atomic E-state index is 12.4. The van der Waals surface area contributed by atoms with E-state index in [1.165, 1.54) is 4.31 Å². The Morgan fingerprint density at radius 3 is 2.30 bits per heavy atom. The fourth-order valence-corrected chi connectivity index (χ4v) is 3.65. The van der Waals surface area contributed by atoms with Crippen LogP contribution in [0.2, 0.25) is 0 Å². The highest BCUT2D eigenvalue weighted by Gasteiger charge is 2.34. The molecule has 1 saturated heterocycles. The van der Waals surface area contributed by atoms with Gasteiger partial charge in [-0.25, -0.2) is 8.42 Å². The smallest absolute Gasteiger partial charge is 0.316 e. The highest BCUT2D eigenvalue weighted by Crippen LogP contribution is 2.30. The van der Waals surface area contributed by atoms with Crippen LogP contribution >= 0.6 is 0 Å². The van der Waals surface area contributed by atoms with Crippen LogP contribution in [0.3, 0.4) is 0 Å². The van der Waals surface area contributed by atoms with Gasteiger partial charge in [-0.2, -0.15) is 17.5 Å². The third kappa shape index (κ3) is 2.97. The second-order valence-corrected chi connectivity index (χ2v) is 6.60. The van der Waals surface area contributed by atoms with Gasteiger partial charge in [-0.1, -0.05) is 0 Å². The number of nitrogens with one attached hydrogen (secondary N) is 1. The van der Waals surface area contributed by atoms with Crippen LogP contribution in [-0.2, 0) is 16.2 Å². The van der Waals surface area contributed by atoms with Crippen molar-refractivity contribution < 1.29 is 21.6 Å². The van der Waals surface area contributed by atoms with Crippen molar-refractivity contribution in [2.45, 2.75) is 23.5 Å². The van der Waals surface area contributed by atoms with E-state index < -0.39 is 21.8 Å². The zero-order valence-electron chi connectivity index (χ0n) is 10.8. The predicted molar refractivity (Wildman–Crippen MR) is 67.7 cm³/mol. The number of rotatable bonds is 3. The lowest BCUT2D eigenvalue weighted by molar-refractivity contribution is -0.137. The second-order valence-electron chi connectivity index (χ2n) is 4.66. The van der Waals surface area contributed by atoms with E-state index in [4.69, 9.17) is 0 Å². The van der Waals surface area contributed by atoms with E-state index >= 15 is 0 Å². The van der Waals surface area contributed by atoms with Crippen molar-refractivity contribution in [3.8, 4) is 0 Å². The van der Waals surface area contributed by atoms with Gasteiger partial charge in [0.15, 0.2) is 0 Å². The Hall–Kier alpha value is -1.12. The van der Waals surface area contributed by atoms with Crippen LogP contribution in [0.5, 0.6) is 0 Å². The van der Waals surface area contributed by atoms with E-state index in [-0.39, 0.29) is 10.9 Å². The van der Waals surface area contributed by atoms with Crippen LogP contribution in [-0.4, -0.2) is 38.9 Å². The average Bonchev–Trinajstić information content (AvgIpc) is 2.87. The summed E-state index contributed by atoms with van der Waals surface area (Å²) in [4.78, 5) is -0.109. The van der Waals surface area contributed by atoms with Crippen LogP contribution < -0.4 is 5.32 Å². The molecule has 0 aliphatic carbocycles. The number of sulfonamides is 1. The fraction of sp³-hybridized carbons (Fsp3) is 0.500. The maximum Gasteiger partial charge on any atom is 0.416 e. The lowest BCUT2D eigenvalue weighted by atomic mass is 10.2. The van der Waals surface area contributed by atoms with E-state index in [9.17, 15) is 21.6 Å². The molecule has 1 heterocycles. The molecule has 8 heteroatoms. The van der Waals surface area contributed by atoms with Crippen molar-refractivity contribution in [2.24, 2.45) is 0 Å². The highest BCUT2D eigenvalue weighted by atomic mass is 32.2. The SMILES string of the molecule is CNC1CCN(S(=O)(=O)c2ccc(C(F)(F)F)cc2)C1. The summed E-state index contributed by atoms with van der Waals surface area (Å²) in [5, 5.41) is 2.99. The van der Waals surface area contributed by atoms with E-state index in [1.54, 1.807) is 7.05 Å². The standard InChI is InChI=1S/C12H15F3N2O2S/c1-16-10-6-7-17(8-10)20(18,19)11-4-2-9(3-5-11)12(13,14)15/h2-5,10,16H,6-8H2,1H3. The third-order valence-electron chi connectivity index (χ3n) is 3.38. The van der Waals surface area contributed by atoms with Gasteiger partial charge >= 0.3 is 6.18 Å². The number of hydrogen-bond acceptors (Lipinski definition) is 3. The first-order valence-corrected chi connectivity index (χ1v) is 7.54. The van der Waals surface area contributed by atoms with E-state index in [0.717, 1.165) is 24.3 Å². The number of alkyl halides is 3. The Kier molecular flexibility index (Phi) is 4.08. The van der Waals surface area contributed by atoms with E-state index in [2.05, 4.69) is 5.32 Å². The normalized spacial score (nSPS) is 21.3. The molecule has 20 heavy (non-hydrogen) atoms. The molecule has 2 rings (SSSR count). The Bertz CT molecular complexity index is 569. The molecular formula is C12H15F3N2O2S. The summed E-state index contributed by atoms with van der Waals surface area (Å²) in [5.74, 6) is 0. The van der Waals surface area contributed by atoms with Crippen LogP contribution in [0.1, 0.15) is 12.0 Å². The molecule has 112 valence electrons. The van der Waals surface area contributed by atoms with Crippen molar-refractivity contribution in [3.05, 3.63) is 29.8 Å². The minimum atomic E-state index is -4.47. The number of nitrogens with zero attached hydrogens (tertiary/aromatic N) is 1. The Balaban J connectivity index is 2.23. The van der Waals surface area contributed by atoms with Crippen LogP contribution in [0.15, 0.2) is 29.2 Å². The molecule has 4 nitrogen and oxygen atoms in total. The number of halogens is 3. The number of benzene rings is 1. The zero-order valence-corrected chi connectivity index (χ0v) is 11.6. The van der Waals surface area contributed by atoms with Crippen LogP contribution in [0, 0.1) is 0 Å². The molecule has 1 fully saturated rings. The summed E-state index contributed by atoms with van der Waals surface area (Å²) >= 11 is 0. The molecule has 0 amide bonds. The van der Waals surface area contributed by atoms with Gasteiger partial charge in [-0.3, -0.25) is 0 Å². The quantitative estimate of drug-likeness (QED) is 0.924. The molecule has 1 aromatic rings. The maximum atomic E-state index is 12.4. The minimum absolute atomic E-state index is 0.0826. The van der Waals surface area contributed by atoms with Crippen LogP contribution in [0.4, 0.5) is 13.2 Å². The largest absolute Gasteiger partial charge is 0.416 e. The summed E-state index contributed by atoms with van der Waals surface area (Å²) in [5.41, 5.74) is -0.856. The lowest BCUT2D eigenvalue weighted by Crippen LogP contribution is -2.33. The monoisotopic (exact) mass is 308 g/mol. The zero-order chi connectivity index (χ0) is 15.0. The van der Waals surface area contributed by atoms with Gasteiger partial charge in [0.2, 0.25) is 10.0 Å². The topological polar surface area (TPSA) is 49.4 Å². The molecule has 1 N–H and O–H groups in total. The summed E-state index contributed by atoms with van der Waals surface area (Å²) in [6.45, 7) is 0.703. The molecule has 1 aromatic carbocycles. The second kappa shape index (κ2) is 5.34. The van der Waals surface area contributed by atoms with Gasteiger partial charge in [-0.15, -0.1) is 0 Å². The summed E-state index contributed by atoms with van der Waals surface area (Å²) in [6, 6.07) is 3.67. The number of likely N-dealkylation sites (N-methyl/N-ethyl adjacent to an activating group) is 1. The van der Waals surface area contributed by atoms with Crippen molar-refractivity contribution in [3.63, 3.8) is 0 Å². The van der Waals surface area contributed by atoms with Gasteiger partial charge in [-0.05, 0) is 37.7 Å². The first-order chi connectivity index (χ1) is 9.25. The molecule has 0 aromatic heterocycles. The van der Waals surface area contributed by atoms with Gasteiger partial charge < -0.3 is 5.32 Å². The van der Waals surface area contributed by atoms with Crippen molar-refractivity contribution in [1.82, 2.24) is 9.62 Å². The van der Waals surface area contributed by atoms with Gasteiger partial charge in [0.25, 0.3) is 0 Å². The lowest BCUT2D eigenvalue weighted by Gasteiger charge is -2.17. The Labute approximate surface area is 115 Å². The molecule has 1 atom stereocenters. The third-order valence-corrected chi connectivity index (χ3v) is 5.26. The van der Waals surface area contributed by atoms with E-state index in [1.807, 2.05) is 0 Å². The van der Waals surface area contributed by atoms with Crippen LogP contribution in [0.25, 0.3) is 0 Å². The molecule has 1 aliphatic rings. The highest BCUT2D eigenvalue weighted by molar-refractivity contribution is 7.89. The Morgan fingerprint density at radius 2 is 1.85 bits per heavy atom. The van der Waals surface area contributed by atoms with Crippen molar-refractivity contribution in [1.29, 1.82) is 0 Å². The average molecular weight is 308 g/mol. The van der Waals surface area contributed by atoms with Gasteiger partial charge in [0, 0.05) is 19.1 Å². The summed E-state index contributed by atoms with van der Waals surface area (Å²) in [6.07, 6.45) is -3.77. The first kappa shape index (κ1) is 15.3.